The van der Waals surface area contributed by atoms with Crippen LogP contribution in [0.25, 0.3) is 0 Å². The highest BCUT2D eigenvalue weighted by Gasteiger charge is 2.38. The molecule has 0 saturated carbocycles. The second-order valence-electron chi connectivity index (χ2n) is 3.90. The van der Waals surface area contributed by atoms with E-state index in [1.54, 1.807) is 0 Å². The minimum Gasteiger partial charge on any atom is -0.372 e. The molecule has 13 heavy (non-hydrogen) atoms. The molecule has 0 aromatic heterocycles. The number of rotatable bonds is 1. The maximum atomic E-state index is 11.2. The molecule has 0 aliphatic carbocycles. The second-order valence-corrected chi connectivity index (χ2v) is 3.90. The first-order chi connectivity index (χ1) is 5.95. The molecule has 0 spiro atoms. The van der Waals surface area contributed by atoms with Gasteiger partial charge in [0.1, 0.15) is 6.23 Å². The van der Waals surface area contributed by atoms with Crippen LogP contribution in [0.4, 0.5) is 0 Å². The van der Waals surface area contributed by atoms with Gasteiger partial charge in [0.15, 0.2) is 0 Å². The van der Waals surface area contributed by atoms with E-state index in [9.17, 15) is 9.90 Å². The Bertz CT molecular complexity index is 206. The summed E-state index contributed by atoms with van der Waals surface area (Å²) in [5, 5.41) is 13.0. The third kappa shape index (κ3) is 1.84. The van der Waals surface area contributed by atoms with Crippen molar-refractivity contribution in [2.45, 2.75) is 52.4 Å². The van der Waals surface area contributed by atoms with Crippen molar-refractivity contribution < 1.29 is 9.90 Å². The highest BCUT2D eigenvalue weighted by atomic mass is 16.3. The topological polar surface area (TPSA) is 43.8 Å². The van der Waals surface area contributed by atoms with Crippen molar-refractivity contribution in [3.8, 4) is 0 Å². The summed E-state index contributed by atoms with van der Waals surface area (Å²) >= 11 is 0. The minimum atomic E-state index is -0.644. The number of carbonyl (C=O) groups is 1. The fourth-order valence-corrected chi connectivity index (χ4v) is 2.01. The van der Waals surface area contributed by atoms with Gasteiger partial charge in [0.05, 0.1) is 0 Å². The van der Waals surface area contributed by atoms with Gasteiger partial charge in [-0.2, -0.15) is 0 Å². The molecule has 0 unspecified atom stereocenters. The van der Waals surface area contributed by atoms with E-state index in [0.717, 1.165) is 0 Å². The van der Waals surface area contributed by atoms with Crippen molar-refractivity contribution in [3.63, 3.8) is 0 Å². The number of aliphatic hydroxyl groups excluding tert-OH is 1. The van der Waals surface area contributed by atoms with E-state index in [2.05, 4.69) is 0 Å². The SMILES string of the molecule is CC(=O)N1[C@@H](O)C[C@@H](C)N1C(C)C. The number of amides is 1. The van der Waals surface area contributed by atoms with Crippen molar-refractivity contribution in [3.05, 3.63) is 0 Å². The number of carbonyl (C=O) groups excluding carboxylic acids is 1. The zero-order valence-corrected chi connectivity index (χ0v) is 8.69. The van der Waals surface area contributed by atoms with Gasteiger partial charge in [-0.25, -0.2) is 10.0 Å². The molecular formula is C9H18N2O2. The Balaban J connectivity index is 2.83. The Hall–Kier alpha value is -0.610. The molecule has 4 nitrogen and oxygen atoms in total. The molecule has 1 rings (SSSR count). The van der Waals surface area contributed by atoms with Crippen LogP contribution in [0.15, 0.2) is 0 Å². The van der Waals surface area contributed by atoms with Crippen molar-refractivity contribution in [1.82, 2.24) is 10.0 Å². The maximum Gasteiger partial charge on any atom is 0.236 e. The van der Waals surface area contributed by atoms with E-state index in [1.807, 2.05) is 25.8 Å². The van der Waals surface area contributed by atoms with Crippen LogP contribution in [0.5, 0.6) is 0 Å². The van der Waals surface area contributed by atoms with Crippen LogP contribution in [0.3, 0.4) is 0 Å². The molecule has 1 aliphatic heterocycles. The average Bonchev–Trinajstić information content (AvgIpc) is 2.24. The molecule has 1 N–H and O–H groups in total. The van der Waals surface area contributed by atoms with E-state index in [0.29, 0.717) is 6.42 Å². The van der Waals surface area contributed by atoms with Crippen LogP contribution in [0.2, 0.25) is 0 Å². The van der Waals surface area contributed by atoms with Gasteiger partial charge in [-0.1, -0.05) is 0 Å². The Kier molecular flexibility index (Phi) is 2.93. The van der Waals surface area contributed by atoms with Gasteiger partial charge in [0.2, 0.25) is 5.91 Å². The monoisotopic (exact) mass is 186 g/mol. The Morgan fingerprint density at radius 3 is 2.38 bits per heavy atom. The van der Waals surface area contributed by atoms with Crippen molar-refractivity contribution in [2.75, 3.05) is 0 Å². The van der Waals surface area contributed by atoms with Crippen LogP contribution in [-0.2, 0) is 4.79 Å². The summed E-state index contributed by atoms with van der Waals surface area (Å²) in [4.78, 5) is 11.2. The molecule has 0 bridgehead atoms. The van der Waals surface area contributed by atoms with E-state index < -0.39 is 6.23 Å². The van der Waals surface area contributed by atoms with Gasteiger partial charge >= 0.3 is 0 Å². The third-order valence-corrected chi connectivity index (χ3v) is 2.39. The lowest BCUT2D eigenvalue weighted by Crippen LogP contribution is -2.49. The summed E-state index contributed by atoms with van der Waals surface area (Å²) in [6.07, 6.45) is -0.00694. The lowest BCUT2D eigenvalue weighted by molar-refractivity contribution is -0.163. The van der Waals surface area contributed by atoms with Crippen molar-refractivity contribution >= 4 is 5.91 Å². The summed E-state index contributed by atoms with van der Waals surface area (Å²) < 4.78 is 0. The fraction of sp³-hybridized carbons (Fsp3) is 0.889. The first kappa shape index (κ1) is 10.5. The smallest absolute Gasteiger partial charge is 0.236 e. The maximum absolute atomic E-state index is 11.2. The highest BCUT2D eigenvalue weighted by molar-refractivity contribution is 5.73. The predicted octanol–water partition coefficient (Wildman–Crippen LogP) is 0.571. The molecule has 0 radical (unpaired) electrons. The average molecular weight is 186 g/mol. The van der Waals surface area contributed by atoms with Crippen LogP contribution in [-0.4, -0.2) is 39.3 Å². The summed E-state index contributed by atoms with van der Waals surface area (Å²) in [6.45, 7) is 7.54. The fourth-order valence-electron chi connectivity index (χ4n) is 2.01. The van der Waals surface area contributed by atoms with Crippen molar-refractivity contribution in [2.24, 2.45) is 0 Å². The molecule has 0 aromatic carbocycles. The molecule has 76 valence electrons. The zero-order chi connectivity index (χ0) is 10.2. The Morgan fingerprint density at radius 2 is 2.08 bits per heavy atom. The third-order valence-electron chi connectivity index (χ3n) is 2.39. The molecule has 1 aliphatic rings. The summed E-state index contributed by atoms with van der Waals surface area (Å²) in [6, 6.07) is 0.481. The Morgan fingerprint density at radius 1 is 1.54 bits per heavy atom. The van der Waals surface area contributed by atoms with Gasteiger partial charge < -0.3 is 5.11 Å². The van der Waals surface area contributed by atoms with Gasteiger partial charge in [-0.15, -0.1) is 0 Å². The van der Waals surface area contributed by atoms with Crippen LogP contribution < -0.4 is 0 Å². The normalized spacial score (nSPS) is 30.2. The van der Waals surface area contributed by atoms with E-state index in [1.165, 1.54) is 11.9 Å². The molecule has 0 aromatic rings. The molecule has 1 amide bonds. The van der Waals surface area contributed by atoms with Crippen LogP contribution >= 0.6 is 0 Å². The molecule has 4 heteroatoms. The summed E-state index contributed by atoms with van der Waals surface area (Å²) in [5.41, 5.74) is 0. The van der Waals surface area contributed by atoms with E-state index >= 15 is 0 Å². The molecule has 1 heterocycles. The second kappa shape index (κ2) is 3.64. The van der Waals surface area contributed by atoms with Crippen LogP contribution in [0, 0.1) is 0 Å². The zero-order valence-electron chi connectivity index (χ0n) is 8.69. The Labute approximate surface area is 79.1 Å². The number of nitrogens with zero attached hydrogens (tertiary/aromatic N) is 2. The number of hydrazine groups is 1. The predicted molar refractivity (Wildman–Crippen MR) is 49.6 cm³/mol. The summed E-state index contributed by atoms with van der Waals surface area (Å²) in [7, 11) is 0. The number of aliphatic hydroxyl groups is 1. The van der Waals surface area contributed by atoms with Gasteiger partial charge in [0, 0.05) is 25.4 Å². The van der Waals surface area contributed by atoms with E-state index in [4.69, 9.17) is 0 Å². The highest BCUT2D eigenvalue weighted by Crippen LogP contribution is 2.25. The number of hydrogen-bond donors (Lipinski definition) is 1. The van der Waals surface area contributed by atoms with Gasteiger partial charge in [-0.3, -0.25) is 4.79 Å². The van der Waals surface area contributed by atoms with E-state index in [-0.39, 0.29) is 18.0 Å². The number of hydrogen-bond acceptors (Lipinski definition) is 3. The standard InChI is InChI=1S/C9H18N2O2/c1-6(2)10-7(3)5-9(13)11(10)8(4)12/h6-7,9,13H,5H2,1-4H3/t7-,9+/m1/s1. The molecule has 2 atom stereocenters. The first-order valence-corrected chi connectivity index (χ1v) is 4.71. The lowest BCUT2D eigenvalue weighted by atomic mass is 10.2. The molecule has 1 fully saturated rings. The molecular weight excluding hydrogens is 168 g/mol. The largest absolute Gasteiger partial charge is 0.372 e. The van der Waals surface area contributed by atoms with Crippen LogP contribution in [0.1, 0.15) is 34.1 Å². The van der Waals surface area contributed by atoms with Gasteiger partial charge in [-0.05, 0) is 20.8 Å². The lowest BCUT2D eigenvalue weighted by Gasteiger charge is -2.34. The minimum absolute atomic E-state index is 0.0921. The van der Waals surface area contributed by atoms with Crippen molar-refractivity contribution in [1.29, 1.82) is 0 Å². The van der Waals surface area contributed by atoms with Gasteiger partial charge in [0.25, 0.3) is 0 Å². The molecule has 1 saturated heterocycles. The summed E-state index contributed by atoms with van der Waals surface area (Å²) in [5.74, 6) is -0.0921. The quantitative estimate of drug-likeness (QED) is 0.651. The first-order valence-electron chi connectivity index (χ1n) is 4.71.